The summed E-state index contributed by atoms with van der Waals surface area (Å²) in [5, 5.41) is 17.3. The highest BCUT2D eigenvalue weighted by Crippen LogP contribution is 2.38. The molecule has 1 saturated heterocycles. The highest BCUT2D eigenvalue weighted by molar-refractivity contribution is 5.82. The molecule has 2 aliphatic rings. The van der Waals surface area contributed by atoms with Crippen molar-refractivity contribution in [1.29, 1.82) is 0 Å². The number of hydrogen-bond donors (Lipinski definition) is 3. The predicted molar refractivity (Wildman–Crippen MR) is 127 cm³/mol. The van der Waals surface area contributed by atoms with Crippen LogP contribution in [0.3, 0.4) is 0 Å². The molecule has 5 unspecified atom stereocenters. The van der Waals surface area contributed by atoms with Crippen LogP contribution in [0.25, 0.3) is 0 Å². The highest BCUT2D eigenvalue weighted by atomic mass is 16.3. The number of nitrogens with zero attached hydrogens (tertiary/aromatic N) is 1. The van der Waals surface area contributed by atoms with Crippen molar-refractivity contribution in [3.05, 3.63) is 35.9 Å². The van der Waals surface area contributed by atoms with E-state index in [9.17, 15) is 14.7 Å². The van der Waals surface area contributed by atoms with Crippen molar-refractivity contribution in [2.45, 2.75) is 89.9 Å². The van der Waals surface area contributed by atoms with E-state index in [2.05, 4.69) is 15.5 Å². The molecule has 2 amide bonds. The molecule has 0 bridgehead atoms. The van der Waals surface area contributed by atoms with Gasteiger partial charge in [-0.05, 0) is 57.4 Å². The second-order valence-electron chi connectivity index (χ2n) is 10.8. The number of carbonyl (C=O) groups excluding carboxylic acids is 2. The van der Waals surface area contributed by atoms with E-state index in [0.717, 1.165) is 18.5 Å². The molecule has 5 atom stereocenters. The first-order chi connectivity index (χ1) is 15.1. The molecule has 6 nitrogen and oxygen atoms in total. The van der Waals surface area contributed by atoms with Crippen molar-refractivity contribution >= 4 is 11.8 Å². The minimum absolute atomic E-state index is 0.0489. The number of amides is 2. The molecule has 1 heterocycles. The topological polar surface area (TPSA) is 81.7 Å². The van der Waals surface area contributed by atoms with Gasteiger partial charge in [-0.15, -0.1) is 0 Å². The van der Waals surface area contributed by atoms with E-state index in [1.165, 1.54) is 32.6 Å². The summed E-state index contributed by atoms with van der Waals surface area (Å²) in [6.45, 7) is 8.71. The summed E-state index contributed by atoms with van der Waals surface area (Å²) < 4.78 is 0. The van der Waals surface area contributed by atoms with Crippen LogP contribution in [0.1, 0.15) is 65.4 Å². The SMILES string of the molecule is CC(=O)NC(Cc1ccccc1)C(O)CN1CC2CCCCC2CC1C(=O)NC(C)(C)C. The number of aliphatic hydroxyl groups is 1. The maximum Gasteiger partial charge on any atom is 0.237 e. The Bertz CT molecular complexity index is 761. The van der Waals surface area contributed by atoms with Crippen LogP contribution in [0, 0.1) is 11.8 Å². The summed E-state index contributed by atoms with van der Waals surface area (Å²) >= 11 is 0. The fraction of sp³-hybridized carbons (Fsp3) is 0.692. The van der Waals surface area contributed by atoms with E-state index in [4.69, 9.17) is 0 Å². The normalized spacial score (nSPS) is 26.0. The van der Waals surface area contributed by atoms with Crippen molar-refractivity contribution in [1.82, 2.24) is 15.5 Å². The molecule has 1 aliphatic carbocycles. The van der Waals surface area contributed by atoms with Crippen molar-refractivity contribution in [2.75, 3.05) is 13.1 Å². The molecule has 3 rings (SSSR count). The number of aliphatic hydroxyl groups excluding tert-OH is 1. The minimum atomic E-state index is -0.760. The van der Waals surface area contributed by atoms with Crippen LogP contribution >= 0.6 is 0 Å². The zero-order chi connectivity index (χ0) is 23.3. The molecular formula is C26H41N3O3. The van der Waals surface area contributed by atoms with Gasteiger partial charge in [-0.1, -0.05) is 49.6 Å². The Morgan fingerprint density at radius 3 is 2.41 bits per heavy atom. The Hall–Kier alpha value is -1.92. The molecule has 32 heavy (non-hydrogen) atoms. The maximum atomic E-state index is 13.2. The Kier molecular flexibility index (Phi) is 8.34. The van der Waals surface area contributed by atoms with Gasteiger partial charge in [-0.2, -0.15) is 0 Å². The average Bonchev–Trinajstić information content (AvgIpc) is 2.72. The Morgan fingerprint density at radius 1 is 1.12 bits per heavy atom. The van der Waals surface area contributed by atoms with Gasteiger partial charge in [0, 0.05) is 25.6 Å². The Balaban J connectivity index is 1.75. The molecule has 0 radical (unpaired) electrons. The molecule has 1 aliphatic heterocycles. The molecule has 0 aromatic heterocycles. The lowest BCUT2D eigenvalue weighted by Crippen LogP contribution is -2.60. The summed E-state index contributed by atoms with van der Waals surface area (Å²) in [5.74, 6) is 1.07. The zero-order valence-electron chi connectivity index (χ0n) is 20.1. The van der Waals surface area contributed by atoms with E-state index >= 15 is 0 Å². The van der Waals surface area contributed by atoms with Gasteiger partial charge in [0.15, 0.2) is 0 Å². The third-order valence-corrected chi connectivity index (χ3v) is 6.88. The Morgan fingerprint density at radius 2 is 1.78 bits per heavy atom. The number of likely N-dealkylation sites (tertiary alicyclic amines) is 1. The second kappa shape index (κ2) is 10.8. The standard InChI is InChI=1S/C26H41N3O3/c1-18(30)27-22(14-19-10-6-5-7-11-19)24(31)17-29-16-21-13-9-8-12-20(21)15-23(29)25(32)28-26(2,3)4/h5-7,10-11,20-24,31H,8-9,12-17H2,1-4H3,(H,27,30)(H,28,32). The first-order valence-electron chi connectivity index (χ1n) is 12.2. The molecule has 0 spiro atoms. The molecule has 1 saturated carbocycles. The number of piperidine rings is 1. The van der Waals surface area contributed by atoms with Crippen LogP contribution in [0.4, 0.5) is 0 Å². The first kappa shape index (κ1) is 24.7. The van der Waals surface area contributed by atoms with E-state index < -0.39 is 12.1 Å². The number of carbonyl (C=O) groups is 2. The molecule has 1 aromatic rings. The second-order valence-corrected chi connectivity index (χ2v) is 10.8. The van der Waals surface area contributed by atoms with Gasteiger partial charge < -0.3 is 15.7 Å². The summed E-state index contributed by atoms with van der Waals surface area (Å²) in [6.07, 6.45) is 5.54. The molecule has 6 heteroatoms. The van der Waals surface area contributed by atoms with Gasteiger partial charge in [0.25, 0.3) is 0 Å². The highest BCUT2D eigenvalue weighted by Gasteiger charge is 2.41. The fourth-order valence-corrected chi connectivity index (χ4v) is 5.41. The molecular weight excluding hydrogens is 402 g/mol. The number of hydrogen-bond acceptors (Lipinski definition) is 4. The zero-order valence-corrected chi connectivity index (χ0v) is 20.1. The minimum Gasteiger partial charge on any atom is -0.390 e. The van der Waals surface area contributed by atoms with Gasteiger partial charge in [-0.25, -0.2) is 0 Å². The fourth-order valence-electron chi connectivity index (χ4n) is 5.41. The predicted octanol–water partition coefficient (Wildman–Crippen LogP) is 2.89. The van der Waals surface area contributed by atoms with Crippen LogP contribution in [-0.2, 0) is 16.0 Å². The van der Waals surface area contributed by atoms with E-state index in [-0.39, 0.29) is 23.4 Å². The van der Waals surface area contributed by atoms with Crippen molar-refractivity contribution in [3.63, 3.8) is 0 Å². The van der Waals surface area contributed by atoms with Crippen molar-refractivity contribution in [3.8, 4) is 0 Å². The van der Waals surface area contributed by atoms with Crippen molar-refractivity contribution in [2.24, 2.45) is 11.8 Å². The lowest BCUT2D eigenvalue weighted by Gasteiger charge is -2.47. The monoisotopic (exact) mass is 443 g/mol. The number of rotatable bonds is 7. The molecule has 3 N–H and O–H groups in total. The van der Waals surface area contributed by atoms with Crippen molar-refractivity contribution < 1.29 is 14.7 Å². The van der Waals surface area contributed by atoms with E-state index in [0.29, 0.717) is 24.8 Å². The molecule has 178 valence electrons. The van der Waals surface area contributed by atoms with Crippen LogP contribution in [0.15, 0.2) is 30.3 Å². The van der Waals surface area contributed by atoms with Crippen LogP contribution in [0.5, 0.6) is 0 Å². The number of nitrogens with one attached hydrogen (secondary N) is 2. The maximum absolute atomic E-state index is 13.2. The third-order valence-electron chi connectivity index (χ3n) is 6.88. The number of fused-ring (bicyclic) bond motifs is 1. The smallest absolute Gasteiger partial charge is 0.237 e. The first-order valence-corrected chi connectivity index (χ1v) is 12.2. The van der Waals surface area contributed by atoms with Gasteiger partial charge in [-0.3, -0.25) is 14.5 Å². The van der Waals surface area contributed by atoms with Gasteiger partial charge in [0.2, 0.25) is 11.8 Å². The molecule has 1 aromatic carbocycles. The summed E-state index contributed by atoms with van der Waals surface area (Å²) in [5.41, 5.74) is 0.773. The van der Waals surface area contributed by atoms with Crippen LogP contribution in [-0.4, -0.2) is 58.6 Å². The summed E-state index contributed by atoms with van der Waals surface area (Å²) in [7, 11) is 0. The Labute approximate surface area is 193 Å². The summed E-state index contributed by atoms with van der Waals surface area (Å²) in [4.78, 5) is 27.3. The largest absolute Gasteiger partial charge is 0.390 e. The number of benzene rings is 1. The lowest BCUT2D eigenvalue weighted by atomic mass is 9.72. The number of β-amino-alcohol motifs (C(OH)–C–C–N with tert-alkyl or cyclic N) is 1. The molecule has 2 fully saturated rings. The third kappa shape index (κ3) is 7.04. The van der Waals surface area contributed by atoms with Gasteiger partial charge in [0.05, 0.1) is 18.2 Å². The van der Waals surface area contributed by atoms with E-state index in [1.54, 1.807) is 0 Å². The average molecular weight is 444 g/mol. The van der Waals surface area contributed by atoms with Gasteiger partial charge >= 0.3 is 0 Å². The van der Waals surface area contributed by atoms with Crippen LogP contribution in [0.2, 0.25) is 0 Å². The quantitative estimate of drug-likeness (QED) is 0.605. The summed E-state index contributed by atoms with van der Waals surface area (Å²) in [6, 6.07) is 9.27. The van der Waals surface area contributed by atoms with Gasteiger partial charge in [0.1, 0.15) is 0 Å². The van der Waals surface area contributed by atoms with Crippen LogP contribution < -0.4 is 10.6 Å². The van der Waals surface area contributed by atoms with E-state index in [1.807, 2.05) is 51.1 Å². The lowest BCUT2D eigenvalue weighted by molar-refractivity contribution is -0.133.